The van der Waals surface area contributed by atoms with Crippen molar-refractivity contribution in [2.45, 2.75) is 6.04 Å². The highest BCUT2D eigenvalue weighted by Gasteiger charge is 2.23. The van der Waals surface area contributed by atoms with Crippen molar-refractivity contribution in [3.05, 3.63) is 93.5 Å². The van der Waals surface area contributed by atoms with E-state index in [-0.39, 0.29) is 11.4 Å². The molecule has 7 heteroatoms. The second kappa shape index (κ2) is 7.05. The minimum Gasteiger partial charge on any atom is -0.508 e. The fourth-order valence-corrected chi connectivity index (χ4v) is 3.70. The van der Waals surface area contributed by atoms with Crippen LogP contribution in [0.4, 0.5) is 10.8 Å². The number of hydrogen-bond acceptors (Lipinski definition) is 6. The summed E-state index contributed by atoms with van der Waals surface area (Å²) in [5.74, 6) is 0.120. The van der Waals surface area contributed by atoms with E-state index in [1.807, 2.05) is 35.7 Å². The summed E-state index contributed by atoms with van der Waals surface area (Å²) in [6.45, 7) is 0. The molecule has 0 amide bonds. The molecule has 0 saturated carbocycles. The molecule has 0 spiro atoms. The first-order valence-electron chi connectivity index (χ1n) is 8.24. The molecule has 4 aromatic rings. The first kappa shape index (κ1) is 17.0. The van der Waals surface area contributed by atoms with Crippen molar-refractivity contribution in [1.29, 1.82) is 0 Å². The number of nitrogens with zero attached hydrogens (tertiary/aromatic N) is 2. The number of anilines is 1. The molecule has 0 fully saturated rings. The molecule has 1 aromatic heterocycles. The molecule has 6 nitrogen and oxygen atoms in total. The lowest BCUT2D eigenvalue weighted by Gasteiger charge is -2.22. The van der Waals surface area contributed by atoms with Crippen molar-refractivity contribution in [2.75, 3.05) is 5.32 Å². The van der Waals surface area contributed by atoms with Gasteiger partial charge in [0, 0.05) is 29.3 Å². The van der Waals surface area contributed by atoms with Gasteiger partial charge < -0.3 is 10.4 Å². The second-order valence-corrected chi connectivity index (χ2v) is 6.88. The zero-order valence-electron chi connectivity index (χ0n) is 14.1. The Bertz CT molecular complexity index is 1110. The number of thiazole rings is 1. The Balaban J connectivity index is 1.93. The first-order chi connectivity index (χ1) is 13.1. The predicted octanol–water partition coefficient (Wildman–Crippen LogP) is 5.11. The van der Waals surface area contributed by atoms with Crippen molar-refractivity contribution in [3.63, 3.8) is 0 Å². The third kappa shape index (κ3) is 3.32. The summed E-state index contributed by atoms with van der Waals surface area (Å²) in [5.41, 5.74) is 1.33. The summed E-state index contributed by atoms with van der Waals surface area (Å²) in [7, 11) is 0. The van der Waals surface area contributed by atoms with Crippen LogP contribution in [0.15, 0.2) is 72.2 Å². The molecule has 3 aromatic carbocycles. The molecule has 27 heavy (non-hydrogen) atoms. The predicted molar refractivity (Wildman–Crippen MR) is 106 cm³/mol. The van der Waals surface area contributed by atoms with E-state index in [1.165, 1.54) is 23.5 Å². The van der Waals surface area contributed by atoms with Gasteiger partial charge in [0.15, 0.2) is 5.13 Å². The van der Waals surface area contributed by atoms with Crippen molar-refractivity contribution >= 4 is 32.9 Å². The van der Waals surface area contributed by atoms with Gasteiger partial charge in [0.2, 0.25) is 0 Å². The number of nitrogens with one attached hydrogen (secondary N) is 1. The van der Waals surface area contributed by atoms with Crippen LogP contribution in [0.5, 0.6) is 5.75 Å². The molecule has 0 bridgehead atoms. The van der Waals surface area contributed by atoms with Crippen molar-refractivity contribution in [3.8, 4) is 5.75 Å². The lowest BCUT2D eigenvalue weighted by molar-refractivity contribution is -0.384. The van der Waals surface area contributed by atoms with Gasteiger partial charge in [-0.2, -0.15) is 0 Å². The molecule has 0 aliphatic carbocycles. The number of phenols is 1. The smallest absolute Gasteiger partial charge is 0.269 e. The normalized spacial score (nSPS) is 12.0. The maximum Gasteiger partial charge on any atom is 0.269 e. The fraction of sp³-hybridized carbons (Fsp3) is 0.0500. The number of phenolic OH excluding ortho intramolecular Hbond substituents is 1. The summed E-state index contributed by atoms with van der Waals surface area (Å²) in [6.07, 6.45) is 1.68. The number of hydrogen-bond donors (Lipinski definition) is 2. The zero-order valence-corrected chi connectivity index (χ0v) is 14.9. The fourth-order valence-electron chi connectivity index (χ4n) is 3.15. The van der Waals surface area contributed by atoms with Crippen LogP contribution in [-0.4, -0.2) is 15.0 Å². The van der Waals surface area contributed by atoms with E-state index in [0.717, 1.165) is 10.8 Å². The van der Waals surface area contributed by atoms with Crippen LogP contribution in [-0.2, 0) is 0 Å². The first-order valence-corrected chi connectivity index (χ1v) is 9.12. The molecule has 0 radical (unpaired) electrons. The van der Waals surface area contributed by atoms with Gasteiger partial charge in [0.05, 0.1) is 11.0 Å². The van der Waals surface area contributed by atoms with E-state index in [2.05, 4.69) is 10.3 Å². The third-order valence-corrected chi connectivity index (χ3v) is 5.06. The van der Waals surface area contributed by atoms with Crippen LogP contribution in [0.25, 0.3) is 10.8 Å². The molecule has 2 N–H and O–H groups in total. The summed E-state index contributed by atoms with van der Waals surface area (Å²) in [5, 5.41) is 29.6. The SMILES string of the molecule is O=[N+]([O-])c1cccc(C(Nc2nccs2)c2c(O)ccc3ccccc23)c1. The maximum atomic E-state index is 11.2. The number of benzene rings is 3. The van der Waals surface area contributed by atoms with Crippen molar-refractivity contribution in [2.24, 2.45) is 0 Å². The molecule has 134 valence electrons. The van der Waals surface area contributed by atoms with Gasteiger partial charge in [-0.05, 0) is 22.4 Å². The summed E-state index contributed by atoms with van der Waals surface area (Å²) in [6, 6.07) is 17.1. The zero-order chi connectivity index (χ0) is 18.8. The van der Waals surface area contributed by atoms with Crippen LogP contribution in [0.1, 0.15) is 17.2 Å². The van der Waals surface area contributed by atoms with Gasteiger partial charge in [0.1, 0.15) is 5.75 Å². The molecule has 0 aliphatic rings. The average Bonchev–Trinajstić information content (AvgIpc) is 3.20. The van der Waals surface area contributed by atoms with Gasteiger partial charge in [-0.25, -0.2) is 4.98 Å². The second-order valence-electron chi connectivity index (χ2n) is 5.99. The minimum absolute atomic E-state index is 0.00170. The minimum atomic E-state index is -0.498. The highest BCUT2D eigenvalue weighted by molar-refractivity contribution is 7.13. The Morgan fingerprint density at radius 3 is 2.74 bits per heavy atom. The van der Waals surface area contributed by atoms with E-state index >= 15 is 0 Å². The van der Waals surface area contributed by atoms with E-state index in [4.69, 9.17) is 0 Å². The average molecular weight is 377 g/mol. The van der Waals surface area contributed by atoms with Crippen LogP contribution in [0.3, 0.4) is 0 Å². The maximum absolute atomic E-state index is 11.2. The van der Waals surface area contributed by atoms with E-state index in [1.54, 1.807) is 24.4 Å². The van der Waals surface area contributed by atoms with Crippen LogP contribution < -0.4 is 5.32 Å². The number of rotatable bonds is 5. The van der Waals surface area contributed by atoms with Crippen LogP contribution in [0.2, 0.25) is 0 Å². The Labute approximate surface area is 158 Å². The van der Waals surface area contributed by atoms with Crippen LogP contribution >= 0.6 is 11.3 Å². The number of aromatic nitrogens is 1. The highest BCUT2D eigenvalue weighted by Crippen LogP contribution is 2.38. The Kier molecular flexibility index (Phi) is 4.43. The molecule has 0 aliphatic heterocycles. The number of non-ortho nitro benzene ring substituents is 1. The molecular weight excluding hydrogens is 362 g/mol. The summed E-state index contributed by atoms with van der Waals surface area (Å²) < 4.78 is 0. The molecular formula is C20H15N3O3S. The molecule has 1 heterocycles. The third-order valence-electron chi connectivity index (χ3n) is 4.35. The summed E-state index contributed by atoms with van der Waals surface area (Å²) in [4.78, 5) is 15.1. The Morgan fingerprint density at radius 2 is 1.96 bits per heavy atom. The number of nitro groups is 1. The number of aromatic hydroxyl groups is 1. The van der Waals surface area contributed by atoms with Gasteiger partial charge in [-0.1, -0.05) is 42.5 Å². The number of fused-ring (bicyclic) bond motifs is 1. The molecule has 0 saturated heterocycles. The quantitative estimate of drug-likeness (QED) is 0.373. The van der Waals surface area contributed by atoms with Gasteiger partial charge in [-0.3, -0.25) is 10.1 Å². The Hall–Kier alpha value is -3.45. The lowest BCUT2D eigenvalue weighted by atomic mass is 9.92. The van der Waals surface area contributed by atoms with Crippen LogP contribution in [0, 0.1) is 10.1 Å². The number of nitro benzene ring substituents is 1. The monoisotopic (exact) mass is 377 g/mol. The lowest BCUT2D eigenvalue weighted by Crippen LogP contribution is -2.13. The topological polar surface area (TPSA) is 88.3 Å². The molecule has 1 unspecified atom stereocenters. The Morgan fingerprint density at radius 1 is 1.11 bits per heavy atom. The molecule has 4 rings (SSSR count). The van der Waals surface area contributed by atoms with Gasteiger partial charge in [-0.15, -0.1) is 11.3 Å². The van der Waals surface area contributed by atoms with Crippen molar-refractivity contribution in [1.82, 2.24) is 4.98 Å². The van der Waals surface area contributed by atoms with Gasteiger partial charge in [0.25, 0.3) is 5.69 Å². The molecule has 1 atom stereocenters. The highest BCUT2D eigenvalue weighted by atomic mass is 32.1. The largest absolute Gasteiger partial charge is 0.508 e. The summed E-state index contributed by atoms with van der Waals surface area (Å²) >= 11 is 1.42. The van der Waals surface area contributed by atoms with E-state index in [9.17, 15) is 15.2 Å². The van der Waals surface area contributed by atoms with Gasteiger partial charge >= 0.3 is 0 Å². The standard InChI is InChI=1S/C20H15N3O3S/c24-17-9-8-13-4-1-2-7-16(13)18(17)19(22-20-21-10-11-27-20)14-5-3-6-15(12-14)23(25)26/h1-12,19,24H,(H,21,22). The van der Waals surface area contributed by atoms with Crippen molar-refractivity contribution < 1.29 is 10.0 Å². The van der Waals surface area contributed by atoms with E-state index in [0.29, 0.717) is 16.3 Å². The van der Waals surface area contributed by atoms with E-state index < -0.39 is 11.0 Å².